The quantitative estimate of drug-likeness (QED) is 0.598. The van der Waals surface area contributed by atoms with E-state index in [-0.39, 0.29) is 0 Å². The van der Waals surface area contributed by atoms with E-state index in [4.69, 9.17) is 5.84 Å². The molecule has 0 spiro atoms. The lowest BCUT2D eigenvalue weighted by molar-refractivity contribution is 0.315. The van der Waals surface area contributed by atoms with Gasteiger partial charge in [-0.3, -0.25) is 4.90 Å². The standard InChI is InChI=1S/C12H20N4/c1-2-10-5-7-16(8-10)9-11-4-3-6-14-12(11)15-13/h3-4,6,10H,2,5,7-9,13H2,1H3,(H,14,15). The summed E-state index contributed by atoms with van der Waals surface area (Å²) in [4.78, 5) is 6.69. The molecule has 0 saturated carbocycles. The van der Waals surface area contributed by atoms with Crippen LogP contribution in [0, 0.1) is 5.92 Å². The Balaban J connectivity index is 1.99. The fraction of sp³-hybridized carbons (Fsp3) is 0.583. The van der Waals surface area contributed by atoms with Crippen molar-refractivity contribution in [2.75, 3.05) is 18.5 Å². The molecule has 1 aliphatic heterocycles. The first kappa shape index (κ1) is 11.4. The highest BCUT2D eigenvalue weighted by Crippen LogP contribution is 2.22. The zero-order valence-corrected chi connectivity index (χ0v) is 9.82. The lowest BCUT2D eigenvalue weighted by atomic mass is 10.1. The van der Waals surface area contributed by atoms with Crippen LogP contribution >= 0.6 is 0 Å². The summed E-state index contributed by atoms with van der Waals surface area (Å²) in [6, 6.07) is 4.05. The maximum Gasteiger partial charge on any atom is 0.144 e. The highest BCUT2D eigenvalue weighted by atomic mass is 15.3. The Hall–Kier alpha value is -1.13. The van der Waals surface area contributed by atoms with Crippen molar-refractivity contribution >= 4 is 5.82 Å². The van der Waals surface area contributed by atoms with E-state index in [9.17, 15) is 0 Å². The van der Waals surface area contributed by atoms with Crippen LogP contribution in [0.4, 0.5) is 5.82 Å². The smallest absolute Gasteiger partial charge is 0.144 e. The van der Waals surface area contributed by atoms with E-state index in [1.165, 1.54) is 31.5 Å². The Morgan fingerprint density at radius 2 is 2.50 bits per heavy atom. The Morgan fingerprint density at radius 1 is 1.62 bits per heavy atom. The van der Waals surface area contributed by atoms with Crippen molar-refractivity contribution in [2.24, 2.45) is 11.8 Å². The van der Waals surface area contributed by atoms with Crippen molar-refractivity contribution in [2.45, 2.75) is 26.3 Å². The van der Waals surface area contributed by atoms with Gasteiger partial charge in [0.2, 0.25) is 0 Å². The lowest BCUT2D eigenvalue weighted by Crippen LogP contribution is -2.22. The average Bonchev–Trinajstić information content (AvgIpc) is 2.77. The van der Waals surface area contributed by atoms with Crippen LogP contribution in [0.2, 0.25) is 0 Å². The maximum absolute atomic E-state index is 5.45. The number of nitrogens with zero attached hydrogens (tertiary/aromatic N) is 2. The van der Waals surface area contributed by atoms with Crippen LogP contribution in [-0.4, -0.2) is 23.0 Å². The molecule has 1 unspecified atom stereocenters. The molecule has 2 heterocycles. The van der Waals surface area contributed by atoms with E-state index in [1.54, 1.807) is 6.20 Å². The van der Waals surface area contributed by atoms with Gasteiger partial charge in [0, 0.05) is 24.8 Å². The van der Waals surface area contributed by atoms with Crippen LogP contribution in [-0.2, 0) is 6.54 Å². The van der Waals surface area contributed by atoms with E-state index in [0.29, 0.717) is 0 Å². The van der Waals surface area contributed by atoms with Crippen molar-refractivity contribution < 1.29 is 0 Å². The molecule has 1 aliphatic rings. The fourth-order valence-electron chi connectivity index (χ4n) is 2.33. The number of hydrogen-bond acceptors (Lipinski definition) is 4. The summed E-state index contributed by atoms with van der Waals surface area (Å²) < 4.78 is 0. The summed E-state index contributed by atoms with van der Waals surface area (Å²) in [7, 11) is 0. The number of anilines is 1. The van der Waals surface area contributed by atoms with Gasteiger partial charge < -0.3 is 5.43 Å². The number of likely N-dealkylation sites (tertiary alicyclic amines) is 1. The highest BCUT2D eigenvalue weighted by Gasteiger charge is 2.21. The van der Waals surface area contributed by atoms with E-state index < -0.39 is 0 Å². The second kappa shape index (κ2) is 5.27. The summed E-state index contributed by atoms with van der Waals surface area (Å²) in [6.45, 7) is 5.61. The van der Waals surface area contributed by atoms with Crippen LogP contribution in [0.15, 0.2) is 18.3 Å². The summed E-state index contributed by atoms with van der Waals surface area (Å²) in [6.07, 6.45) is 4.37. The molecule has 0 aromatic carbocycles. The number of hydrazine groups is 1. The number of pyridine rings is 1. The predicted molar refractivity (Wildman–Crippen MR) is 65.7 cm³/mol. The maximum atomic E-state index is 5.45. The lowest BCUT2D eigenvalue weighted by Gasteiger charge is -2.17. The molecular weight excluding hydrogens is 200 g/mol. The molecule has 0 aliphatic carbocycles. The first-order valence-corrected chi connectivity index (χ1v) is 5.96. The third-order valence-electron chi connectivity index (χ3n) is 3.37. The summed E-state index contributed by atoms with van der Waals surface area (Å²) >= 11 is 0. The van der Waals surface area contributed by atoms with Gasteiger partial charge >= 0.3 is 0 Å². The van der Waals surface area contributed by atoms with Crippen LogP contribution in [0.1, 0.15) is 25.3 Å². The number of nitrogens with two attached hydrogens (primary N) is 1. The Bertz CT molecular complexity index is 340. The van der Waals surface area contributed by atoms with E-state index in [2.05, 4.69) is 28.3 Å². The third-order valence-corrected chi connectivity index (χ3v) is 3.37. The molecule has 0 amide bonds. The first-order chi connectivity index (χ1) is 7.83. The third kappa shape index (κ3) is 2.51. The Morgan fingerprint density at radius 3 is 3.19 bits per heavy atom. The fourth-order valence-corrected chi connectivity index (χ4v) is 2.33. The largest absolute Gasteiger partial charge is 0.308 e. The zero-order valence-electron chi connectivity index (χ0n) is 9.82. The minimum Gasteiger partial charge on any atom is -0.308 e. The molecule has 1 aromatic rings. The summed E-state index contributed by atoms with van der Waals surface area (Å²) in [5, 5.41) is 0. The first-order valence-electron chi connectivity index (χ1n) is 5.96. The Labute approximate surface area is 96.8 Å². The molecule has 3 N–H and O–H groups in total. The van der Waals surface area contributed by atoms with E-state index in [0.717, 1.165) is 18.3 Å². The molecule has 1 atom stereocenters. The van der Waals surface area contributed by atoms with Crippen molar-refractivity contribution in [3.8, 4) is 0 Å². The minimum absolute atomic E-state index is 0.794. The molecule has 1 aromatic heterocycles. The van der Waals surface area contributed by atoms with Crippen LogP contribution in [0.25, 0.3) is 0 Å². The van der Waals surface area contributed by atoms with Crippen molar-refractivity contribution in [3.05, 3.63) is 23.9 Å². The summed E-state index contributed by atoms with van der Waals surface area (Å²) in [5.74, 6) is 7.11. The molecule has 0 radical (unpaired) electrons. The van der Waals surface area contributed by atoms with Gasteiger partial charge in [-0.1, -0.05) is 19.4 Å². The molecule has 1 fully saturated rings. The number of nitrogen functional groups attached to an aromatic ring is 1. The van der Waals surface area contributed by atoms with Gasteiger partial charge in [0.25, 0.3) is 0 Å². The second-order valence-corrected chi connectivity index (χ2v) is 4.45. The SMILES string of the molecule is CCC1CCN(Cc2cccnc2NN)C1. The number of rotatable bonds is 4. The topological polar surface area (TPSA) is 54.2 Å². The van der Waals surface area contributed by atoms with Crippen LogP contribution < -0.4 is 11.3 Å². The summed E-state index contributed by atoms with van der Waals surface area (Å²) in [5.41, 5.74) is 3.84. The average molecular weight is 220 g/mol. The van der Waals surface area contributed by atoms with Gasteiger partial charge in [-0.15, -0.1) is 0 Å². The normalized spacial score (nSPS) is 21.2. The van der Waals surface area contributed by atoms with Gasteiger partial charge in [-0.2, -0.15) is 0 Å². The minimum atomic E-state index is 0.794. The van der Waals surface area contributed by atoms with Crippen LogP contribution in [0.5, 0.6) is 0 Å². The predicted octanol–water partition coefficient (Wildman–Crippen LogP) is 1.60. The highest BCUT2D eigenvalue weighted by molar-refractivity contribution is 5.42. The van der Waals surface area contributed by atoms with Gasteiger partial charge in [-0.05, 0) is 24.9 Å². The van der Waals surface area contributed by atoms with E-state index >= 15 is 0 Å². The van der Waals surface area contributed by atoms with E-state index in [1.807, 2.05) is 6.07 Å². The van der Waals surface area contributed by atoms with Crippen molar-refractivity contribution in [1.29, 1.82) is 0 Å². The molecule has 2 rings (SSSR count). The van der Waals surface area contributed by atoms with Gasteiger partial charge in [0.05, 0.1) is 0 Å². The van der Waals surface area contributed by atoms with Gasteiger partial charge in [0.15, 0.2) is 0 Å². The number of aromatic nitrogens is 1. The van der Waals surface area contributed by atoms with Gasteiger partial charge in [0.1, 0.15) is 5.82 Å². The molecule has 88 valence electrons. The molecular formula is C12H20N4. The molecule has 16 heavy (non-hydrogen) atoms. The van der Waals surface area contributed by atoms with Crippen LogP contribution in [0.3, 0.4) is 0 Å². The molecule has 0 bridgehead atoms. The number of nitrogens with one attached hydrogen (secondary N) is 1. The van der Waals surface area contributed by atoms with Gasteiger partial charge in [-0.25, -0.2) is 10.8 Å². The monoisotopic (exact) mass is 220 g/mol. The van der Waals surface area contributed by atoms with Crippen molar-refractivity contribution in [3.63, 3.8) is 0 Å². The Kier molecular flexibility index (Phi) is 3.74. The second-order valence-electron chi connectivity index (χ2n) is 4.45. The zero-order chi connectivity index (χ0) is 11.4. The number of hydrogen-bond donors (Lipinski definition) is 2. The molecule has 4 heteroatoms. The molecule has 1 saturated heterocycles. The molecule has 4 nitrogen and oxygen atoms in total. The van der Waals surface area contributed by atoms with Crippen molar-refractivity contribution in [1.82, 2.24) is 9.88 Å².